The highest BCUT2D eigenvalue weighted by molar-refractivity contribution is 6.26. The molecule has 2 aliphatic heterocycles. The van der Waals surface area contributed by atoms with Gasteiger partial charge in [0.25, 0.3) is 0 Å². The van der Waals surface area contributed by atoms with Crippen molar-refractivity contribution in [2.75, 3.05) is 16.8 Å². The van der Waals surface area contributed by atoms with E-state index in [2.05, 4.69) is 197 Å². The molecule has 4 heterocycles. The average Bonchev–Trinajstić information content (AvgIpc) is 3.94. The van der Waals surface area contributed by atoms with Crippen LogP contribution >= 0.6 is 0 Å². The van der Waals surface area contributed by atoms with E-state index >= 15 is 0 Å². The molecular weight excluding hydrogens is 709 g/mol. The number of hydrogen-bond acceptors (Lipinski definition) is 4. The van der Waals surface area contributed by atoms with Crippen LogP contribution < -0.4 is 9.80 Å². The maximum absolute atomic E-state index is 6.50. The topological polar surface area (TPSA) is 36.9 Å². The molecule has 13 rings (SSSR count). The van der Waals surface area contributed by atoms with Gasteiger partial charge in [-0.3, -0.25) is 4.57 Å². The second kappa shape index (κ2) is 11.8. The Kier molecular flexibility index (Phi) is 6.48. The molecule has 2 aromatic heterocycles. The molecule has 3 aliphatic rings. The predicted molar refractivity (Wildman–Crippen MR) is 240 cm³/mol. The summed E-state index contributed by atoms with van der Waals surface area (Å²) in [7, 11) is 2.21. The lowest BCUT2D eigenvalue weighted by atomic mass is 9.83. The Morgan fingerprint density at radius 1 is 0.552 bits per heavy atom. The summed E-state index contributed by atoms with van der Waals surface area (Å²) in [5, 5.41) is 7.09. The molecule has 8 aromatic carbocycles. The van der Waals surface area contributed by atoms with Crippen molar-refractivity contribution in [1.29, 1.82) is 0 Å². The Bertz CT molecular complexity index is 3420. The monoisotopic (exact) mass is 744 g/mol. The molecule has 0 radical (unpaired) electrons. The van der Waals surface area contributed by atoms with Gasteiger partial charge in [0.15, 0.2) is 0 Å². The van der Waals surface area contributed by atoms with Gasteiger partial charge in [0, 0.05) is 45.6 Å². The van der Waals surface area contributed by atoms with Crippen LogP contribution in [-0.4, -0.2) is 17.5 Å². The average molecular weight is 745 g/mol. The normalized spacial score (nSPS) is 18.2. The lowest BCUT2D eigenvalue weighted by Gasteiger charge is -2.37. The smallest absolute Gasteiger partial charge is 0.141 e. The molecule has 10 aromatic rings. The minimum atomic E-state index is -0.235. The number of aliphatic imine (C=N–C) groups is 1. The fourth-order valence-electron chi connectivity index (χ4n) is 10.6. The van der Waals surface area contributed by atoms with Gasteiger partial charge in [-0.15, -0.1) is 0 Å². The molecule has 58 heavy (non-hydrogen) atoms. The second-order valence-corrected chi connectivity index (χ2v) is 15.9. The summed E-state index contributed by atoms with van der Waals surface area (Å²) in [4.78, 5) is 10.8. The number of rotatable bonds is 2. The van der Waals surface area contributed by atoms with E-state index in [4.69, 9.17) is 9.41 Å². The van der Waals surface area contributed by atoms with Gasteiger partial charge in [-0.2, -0.15) is 0 Å². The zero-order chi connectivity index (χ0) is 38.1. The molecule has 0 saturated heterocycles. The molecule has 0 spiro atoms. The molecule has 3 unspecified atom stereocenters. The zero-order valence-electron chi connectivity index (χ0n) is 31.7. The Labute approximate surface area is 335 Å². The highest BCUT2D eigenvalue weighted by Gasteiger charge is 2.43. The van der Waals surface area contributed by atoms with Gasteiger partial charge in [-0.1, -0.05) is 140 Å². The van der Waals surface area contributed by atoms with Gasteiger partial charge in [0.2, 0.25) is 0 Å². The summed E-state index contributed by atoms with van der Waals surface area (Å²) in [6.45, 7) is 0. The number of nitrogens with zero attached hydrogens (tertiary/aromatic N) is 4. The first-order valence-electron chi connectivity index (χ1n) is 20.1. The van der Waals surface area contributed by atoms with Crippen molar-refractivity contribution in [2.24, 2.45) is 4.99 Å². The van der Waals surface area contributed by atoms with Crippen LogP contribution in [0.4, 0.5) is 22.7 Å². The highest BCUT2D eigenvalue weighted by atomic mass is 16.3. The van der Waals surface area contributed by atoms with Crippen molar-refractivity contribution in [1.82, 2.24) is 4.57 Å². The van der Waals surface area contributed by atoms with E-state index in [1.165, 1.54) is 49.6 Å². The third kappa shape index (κ3) is 4.22. The number of hydrogen-bond donors (Lipinski definition) is 0. The molecule has 5 nitrogen and oxygen atoms in total. The molecule has 1 aliphatic carbocycles. The van der Waals surface area contributed by atoms with Gasteiger partial charge >= 0.3 is 0 Å². The molecule has 3 atom stereocenters. The van der Waals surface area contributed by atoms with Crippen molar-refractivity contribution < 1.29 is 4.42 Å². The van der Waals surface area contributed by atoms with Gasteiger partial charge in [0.05, 0.1) is 34.1 Å². The molecule has 0 fully saturated rings. The van der Waals surface area contributed by atoms with Crippen LogP contribution in [0.5, 0.6) is 0 Å². The summed E-state index contributed by atoms with van der Waals surface area (Å²) in [6, 6.07) is 61.5. The van der Waals surface area contributed by atoms with Crippen LogP contribution in [0.2, 0.25) is 0 Å². The number of aromatic nitrogens is 1. The van der Waals surface area contributed by atoms with E-state index in [-0.39, 0.29) is 18.0 Å². The fourth-order valence-corrected chi connectivity index (χ4v) is 10.6. The summed E-state index contributed by atoms with van der Waals surface area (Å²) < 4.78 is 8.96. The molecule has 0 amide bonds. The van der Waals surface area contributed by atoms with Crippen LogP contribution in [-0.2, 0) is 0 Å². The molecule has 0 bridgehead atoms. The van der Waals surface area contributed by atoms with Gasteiger partial charge in [-0.25, -0.2) is 4.99 Å². The summed E-state index contributed by atoms with van der Waals surface area (Å²) >= 11 is 0. The van der Waals surface area contributed by atoms with E-state index in [1.54, 1.807) is 0 Å². The maximum Gasteiger partial charge on any atom is 0.141 e. The van der Waals surface area contributed by atoms with Crippen LogP contribution in [0.25, 0.3) is 60.6 Å². The summed E-state index contributed by atoms with van der Waals surface area (Å²) in [5.74, 6) is 1.17. The van der Waals surface area contributed by atoms with Crippen LogP contribution in [0, 0.1) is 0 Å². The largest absolute Gasteiger partial charge is 0.456 e. The number of benzene rings is 8. The number of furan rings is 1. The van der Waals surface area contributed by atoms with Crippen molar-refractivity contribution in [3.8, 4) is 0 Å². The second-order valence-electron chi connectivity index (χ2n) is 15.9. The predicted octanol–water partition coefficient (Wildman–Crippen LogP) is 13.6. The quantitative estimate of drug-likeness (QED) is 0.177. The van der Waals surface area contributed by atoms with Crippen molar-refractivity contribution in [3.63, 3.8) is 0 Å². The van der Waals surface area contributed by atoms with Crippen LogP contribution in [0.3, 0.4) is 0 Å². The van der Waals surface area contributed by atoms with E-state index in [1.807, 2.05) is 6.07 Å². The van der Waals surface area contributed by atoms with Crippen LogP contribution in [0.15, 0.2) is 185 Å². The first-order chi connectivity index (χ1) is 28.7. The highest BCUT2D eigenvalue weighted by Crippen LogP contribution is 2.59. The Balaban J connectivity index is 1.16. The van der Waals surface area contributed by atoms with E-state index < -0.39 is 0 Å². The van der Waals surface area contributed by atoms with E-state index in [0.29, 0.717) is 0 Å². The van der Waals surface area contributed by atoms with Gasteiger partial charge in [0.1, 0.15) is 23.0 Å². The summed E-state index contributed by atoms with van der Waals surface area (Å²) in [5.41, 5.74) is 13.7. The van der Waals surface area contributed by atoms with Crippen molar-refractivity contribution in [2.45, 2.75) is 18.0 Å². The van der Waals surface area contributed by atoms with Gasteiger partial charge in [-0.05, 0) is 70.1 Å². The minimum absolute atomic E-state index is 0.0967. The number of fused-ring (bicyclic) bond motifs is 13. The van der Waals surface area contributed by atoms with Gasteiger partial charge < -0.3 is 14.2 Å². The standard InChI is InChI=1S/C53H36N4O/c1-55-44-26-12-9-23-41(44)54-53(52(55)40-22-14-28-47-48(40)39-21-8-13-27-46(39)58-47)56-43-25-11-7-20-38(43)49-45(56)31-33-16-3-5-18-35(33)51(49)57-42-24-10-6-19-36(42)37-30-29-32-15-2-4-17-34(32)50(37)57/h2-31,37,50,52H,1H3. The Morgan fingerprint density at radius 3 is 2.16 bits per heavy atom. The number of para-hydroxylation sites is 5. The fraction of sp³-hybridized carbons (Fsp3) is 0.0755. The first kappa shape index (κ1) is 31.8. The molecule has 5 heteroatoms. The lowest BCUT2D eigenvalue weighted by Crippen LogP contribution is -2.37. The van der Waals surface area contributed by atoms with Crippen LogP contribution in [0.1, 0.15) is 40.3 Å². The third-order valence-corrected chi connectivity index (χ3v) is 13.0. The zero-order valence-corrected chi connectivity index (χ0v) is 31.7. The lowest BCUT2D eigenvalue weighted by molar-refractivity contribution is 0.668. The maximum atomic E-state index is 6.50. The third-order valence-electron chi connectivity index (χ3n) is 13.0. The van der Waals surface area contributed by atoms with E-state index in [0.717, 1.165) is 55.7 Å². The number of anilines is 3. The Hall–Kier alpha value is -7.37. The SMILES string of the molecule is CN1c2ccccc2N=C(n2c3ccccc3c3c(N4c5ccccc5C5C=Cc6ccccc6C54)c4ccccc4cc32)C1c1cccc2oc3ccccc3c12. The van der Waals surface area contributed by atoms with E-state index in [9.17, 15) is 0 Å². The van der Waals surface area contributed by atoms with Crippen molar-refractivity contribution >= 4 is 89.2 Å². The Morgan fingerprint density at radius 2 is 1.24 bits per heavy atom. The van der Waals surface area contributed by atoms with Crippen molar-refractivity contribution in [3.05, 3.63) is 198 Å². The molecule has 0 N–H and O–H groups in total. The minimum Gasteiger partial charge on any atom is -0.456 e. The first-order valence-corrected chi connectivity index (χ1v) is 20.1. The molecule has 274 valence electrons. The molecular formula is C53H36N4O. The molecule has 0 saturated carbocycles. The number of likely N-dealkylation sites (N-methyl/N-ethyl adjacent to an activating group) is 1. The summed E-state index contributed by atoms with van der Waals surface area (Å²) in [6.07, 6.45) is 4.74.